The van der Waals surface area contributed by atoms with Gasteiger partial charge >= 0.3 is 0 Å². The van der Waals surface area contributed by atoms with Crippen molar-refractivity contribution in [1.82, 2.24) is 4.57 Å². The third-order valence-electron chi connectivity index (χ3n) is 5.75. The predicted octanol–water partition coefficient (Wildman–Crippen LogP) is 6.41. The van der Waals surface area contributed by atoms with Gasteiger partial charge in [-0.15, -0.1) is 11.8 Å². The lowest BCUT2D eigenvalue weighted by Gasteiger charge is -2.23. The maximum Gasteiger partial charge on any atom is 0.120 e. The van der Waals surface area contributed by atoms with Crippen LogP contribution in [0.1, 0.15) is 45.9 Å². The maximum atomic E-state index is 10.8. The summed E-state index contributed by atoms with van der Waals surface area (Å²) in [7, 11) is 0. The van der Waals surface area contributed by atoms with Crippen LogP contribution in [0.15, 0.2) is 90.0 Å². The van der Waals surface area contributed by atoms with Gasteiger partial charge in [0.25, 0.3) is 0 Å². The molecule has 1 unspecified atom stereocenters. The van der Waals surface area contributed by atoms with Gasteiger partial charge in [-0.2, -0.15) is 0 Å². The molecule has 3 rings (SSSR count). The van der Waals surface area contributed by atoms with Gasteiger partial charge in [0.1, 0.15) is 12.4 Å². The van der Waals surface area contributed by atoms with Crippen LogP contribution in [-0.2, 0) is 19.4 Å². The topological polar surface area (TPSA) is 80.6 Å². The van der Waals surface area contributed by atoms with Crippen molar-refractivity contribution in [2.24, 2.45) is 5.73 Å². The minimum absolute atomic E-state index is 0.0513. The van der Waals surface area contributed by atoms with Gasteiger partial charge in [-0.25, -0.2) is 0 Å². The van der Waals surface area contributed by atoms with Crippen LogP contribution in [0.25, 0.3) is 10.9 Å². The number of ether oxygens (including phenoxy) is 1. The third kappa shape index (κ3) is 8.83. The zero-order valence-corrected chi connectivity index (χ0v) is 24.1. The summed E-state index contributed by atoms with van der Waals surface area (Å²) in [5.74, 6) is 0.699. The Kier molecular flexibility index (Phi) is 9.94. The number of aliphatic hydroxyl groups excluding tert-OH is 1. The molecule has 1 heterocycles. The molecule has 4 N–H and O–H groups in total. The maximum absolute atomic E-state index is 10.8. The fourth-order valence-electron chi connectivity index (χ4n) is 4.26. The molecule has 0 aliphatic rings. The second kappa shape index (κ2) is 12.7. The fraction of sp³-hybridized carbons (Fsp3) is 0.375. The first-order valence-corrected chi connectivity index (χ1v) is 13.8. The zero-order chi connectivity index (χ0) is 27.9. The van der Waals surface area contributed by atoms with Crippen molar-refractivity contribution in [1.29, 1.82) is 0 Å². The highest BCUT2D eigenvalue weighted by molar-refractivity contribution is 8.00. The Hall–Kier alpha value is -2.93. The van der Waals surface area contributed by atoms with Gasteiger partial charge < -0.3 is 25.3 Å². The summed E-state index contributed by atoms with van der Waals surface area (Å²) >= 11 is 1.78. The van der Waals surface area contributed by atoms with Crippen molar-refractivity contribution < 1.29 is 14.9 Å². The van der Waals surface area contributed by atoms with Gasteiger partial charge in [0.15, 0.2) is 0 Å². The van der Waals surface area contributed by atoms with E-state index in [1.807, 2.05) is 80.6 Å². The van der Waals surface area contributed by atoms with Crippen LogP contribution in [0.4, 0.5) is 0 Å². The molecule has 0 aliphatic carbocycles. The molecule has 0 aliphatic heterocycles. The number of aliphatic hydroxyl groups is 2. The number of hydrogen-bond acceptors (Lipinski definition) is 5. The Bertz CT molecular complexity index is 1280. The van der Waals surface area contributed by atoms with Crippen LogP contribution in [-0.4, -0.2) is 37.8 Å². The summed E-state index contributed by atoms with van der Waals surface area (Å²) in [5, 5.41) is 22.4. The number of benzene rings is 2. The lowest BCUT2D eigenvalue weighted by Crippen LogP contribution is -2.25. The van der Waals surface area contributed by atoms with Crippen molar-refractivity contribution in [3.8, 4) is 5.75 Å². The number of aromatic nitrogens is 1. The number of rotatable bonds is 12. The van der Waals surface area contributed by atoms with Gasteiger partial charge in [-0.3, -0.25) is 0 Å². The van der Waals surface area contributed by atoms with Crippen molar-refractivity contribution in [2.45, 2.75) is 75.4 Å². The zero-order valence-electron chi connectivity index (χ0n) is 23.3. The van der Waals surface area contributed by atoms with Crippen LogP contribution >= 0.6 is 11.8 Å². The van der Waals surface area contributed by atoms with Gasteiger partial charge in [0.2, 0.25) is 0 Å². The summed E-state index contributed by atoms with van der Waals surface area (Å²) in [5.41, 5.74) is 9.35. The van der Waals surface area contributed by atoms with Crippen LogP contribution in [0, 0.1) is 0 Å². The third-order valence-corrected chi connectivity index (χ3v) is 7.03. The number of nitrogens with zero attached hydrogens (tertiary/aromatic N) is 1. The highest BCUT2D eigenvalue weighted by atomic mass is 32.2. The smallest absolute Gasteiger partial charge is 0.120 e. The highest BCUT2D eigenvalue weighted by Crippen LogP contribution is 2.43. The molecule has 0 radical (unpaired) electrons. The molecule has 0 saturated heterocycles. The molecular formula is C32H42N2O3S. The fourth-order valence-corrected chi connectivity index (χ4v) is 5.45. The van der Waals surface area contributed by atoms with E-state index < -0.39 is 11.7 Å². The minimum atomic E-state index is -0.901. The second-order valence-corrected chi connectivity index (χ2v) is 13.1. The van der Waals surface area contributed by atoms with Gasteiger partial charge in [-0.05, 0) is 43.7 Å². The molecule has 0 amide bonds. The average molecular weight is 535 g/mol. The van der Waals surface area contributed by atoms with E-state index in [0.29, 0.717) is 30.8 Å². The van der Waals surface area contributed by atoms with Crippen molar-refractivity contribution in [3.05, 3.63) is 96.4 Å². The Balaban J connectivity index is 2.01. The molecule has 2 aromatic carbocycles. The van der Waals surface area contributed by atoms with Crippen molar-refractivity contribution >= 4 is 22.7 Å². The van der Waals surface area contributed by atoms with Crippen LogP contribution in [0.5, 0.6) is 5.75 Å². The lowest BCUT2D eigenvalue weighted by atomic mass is 10.0. The first-order valence-electron chi connectivity index (χ1n) is 13.0. The Morgan fingerprint density at radius 3 is 2.45 bits per heavy atom. The number of nitrogens with two attached hydrogens (primary N) is 1. The van der Waals surface area contributed by atoms with E-state index in [4.69, 9.17) is 10.5 Å². The minimum Gasteiger partial charge on any atom is -0.491 e. The molecule has 1 atom stereocenters. The van der Waals surface area contributed by atoms with Crippen molar-refractivity contribution in [3.63, 3.8) is 0 Å². The second-order valence-electron chi connectivity index (χ2n) is 11.3. The molecule has 6 heteroatoms. The Labute approximate surface area is 231 Å². The summed E-state index contributed by atoms with van der Waals surface area (Å²) in [6.07, 6.45) is 7.71. The van der Waals surface area contributed by atoms with Crippen LogP contribution in [0.3, 0.4) is 0 Å². The molecule has 5 nitrogen and oxygen atoms in total. The molecule has 0 bridgehead atoms. The standard InChI is InChI=1S/C32H42N2O3S/c1-7-8-10-15-24(33)21-34-28-17-16-26(37-22-25(35)18-23-13-11-9-12-14-23)19-27(28)30(38-31(2,3)4)29(34)20-32(5,6)36/h7-17,19,25,35-36H,1,18,20-22,33H2,2-6H3/b10-8-,24-15-. The van der Waals surface area contributed by atoms with E-state index in [1.54, 1.807) is 17.8 Å². The molecule has 0 fully saturated rings. The first-order chi connectivity index (χ1) is 17.9. The summed E-state index contributed by atoms with van der Waals surface area (Å²) in [6, 6.07) is 15.9. The molecule has 204 valence electrons. The normalized spacial score (nSPS) is 13.8. The molecular weight excluding hydrogens is 492 g/mol. The van der Waals surface area contributed by atoms with E-state index in [0.717, 1.165) is 27.1 Å². The first kappa shape index (κ1) is 29.6. The summed E-state index contributed by atoms with van der Waals surface area (Å²) < 4.78 is 8.20. The number of thioether (sulfide) groups is 1. The summed E-state index contributed by atoms with van der Waals surface area (Å²) in [4.78, 5) is 1.11. The van der Waals surface area contributed by atoms with E-state index in [2.05, 4.69) is 31.9 Å². The van der Waals surface area contributed by atoms with Gasteiger partial charge in [0, 0.05) is 39.3 Å². The lowest BCUT2D eigenvalue weighted by molar-refractivity contribution is 0.0785. The molecule has 1 aromatic heterocycles. The van der Waals surface area contributed by atoms with Crippen molar-refractivity contribution in [2.75, 3.05) is 6.61 Å². The number of fused-ring (bicyclic) bond motifs is 1. The number of hydrogen-bond donors (Lipinski definition) is 3. The van der Waals surface area contributed by atoms with Crippen LogP contribution < -0.4 is 10.5 Å². The average Bonchev–Trinajstić information content (AvgIpc) is 3.07. The largest absolute Gasteiger partial charge is 0.491 e. The molecule has 38 heavy (non-hydrogen) atoms. The van der Waals surface area contributed by atoms with E-state index in [9.17, 15) is 10.2 Å². The molecule has 0 saturated carbocycles. The number of allylic oxidation sites excluding steroid dienone is 5. The van der Waals surface area contributed by atoms with Crippen LogP contribution in [0.2, 0.25) is 0 Å². The van der Waals surface area contributed by atoms with Gasteiger partial charge in [0.05, 0.1) is 23.8 Å². The summed E-state index contributed by atoms with van der Waals surface area (Å²) in [6.45, 7) is 14.6. The quantitative estimate of drug-likeness (QED) is 0.185. The molecule has 0 spiro atoms. The Morgan fingerprint density at radius 2 is 1.82 bits per heavy atom. The SMILES string of the molecule is C=C/C=C\C=C(/N)Cn1c(CC(C)(C)O)c(SC(C)(C)C)c2cc(OCC(O)Cc3ccccc3)ccc21. The monoisotopic (exact) mass is 534 g/mol. The highest BCUT2D eigenvalue weighted by Gasteiger charge is 2.27. The van der Waals surface area contributed by atoms with E-state index in [1.165, 1.54) is 0 Å². The van der Waals surface area contributed by atoms with Gasteiger partial charge in [-0.1, -0.05) is 75.9 Å². The molecule has 3 aromatic rings. The predicted molar refractivity (Wildman–Crippen MR) is 161 cm³/mol. The van der Waals surface area contributed by atoms with E-state index in [-0.39, 0.29) is 11.4 Å². The Morgan fingerprint density at radius 1 is 1.11 bits per heavy atom. The van der Waals surface area contributed by atoms with E-state index >= 15 is 0 Å².